The van der Waals surface area contributed by atoms with Gasteiger partial charge in [0.05, 0.1) is 12.5 Å². The highest BCUT2D eigenvalue weighted by Gasteiger charge is 2.40. The van der Waals surface area contributed by atoms with E-state index in [2.05, 4.69) is 144 Å². The third-order valence-electron chi connectivity index (χ3n) is 9.61. The Morgan fingerprint density at radius 2 is 1.32 bits per heavy atom. The standard InChI is InChI=1S/C22H30O.C16H39NO2Si2/c1-4-5-6-10-13-20-19(16-22(2,3)17-21(20)23)15-14-18-11-8-7-9-12-18;1-13(18-20(9,10)15(3,4)5)17-14(2)19-21(11,12)16(6,7)8/h7-9,11-12,14-15H,4-6,10,13,16-17H2,1-3H3;13-14,17H,1-12H3. The second-order valence-electron chi connectivity index (χ2n) is 16.7. The van der Waals surface area contributed by atoms with Crippen LogP contribution in [0.25, 0.3) is 6.08 Å². The Morgan fingerprint density at radius 3 is 1.77 bits per heavy atom. The zero-order valence-corrected chi connectivity index (χ0v) is 33.4. The summed E-state index contributed by atoms with van der Waals surface area (Å²) in [5, 5.41) is 3.92. The van der Waals surface area contributed by atoms with Gasteiger partial charge < -0.3 is 8.85 Å². The second kappa shape index (κ2) is 17.0. The predicted octanol–water partition coefficient (Wildman–Crippen LogP) is 11.7. The molecule has 0 radical (unpaired) electrons. The Hall–Kier alpha value is -1.32. The number of carbonyl (C=O) groups excluding carboxylic acids is 1. The fourth-order valence-corrected chi connectivity index (χ4v) is 7.60. The van der Waals surface area contributed by atoms with Gasteiger partial charge in [-0.2, -0.15) is 0 Å². The molecule has 2 atom stereocenters. The van der Waals surface area contributed by atoms with Crippen LogP contribution < -0.4 is 5.32 Å². The van der Waals surface area contributed by atoms with Crippen molar-refractivity contribution < 1.29 is 13.6 Å². The average molecular weight is 644 g/mol. The van der Waals surface area contributed by atoms with Crippen molar-refractivity contribution >= 4 is 28.5 Å². The molecule has 44 heavy (non-hydrogen) atoms. The number of nitrogens with one attached hydrogen (secondary N) is 1. The lowest BCUT2D eigenvalue weighted by Crippen LogP contribution is -2.52. The summed E-state index contributed by atoms with van der Waals surface area (Å²) in [7, 11) is -3.47. The number of rotatable bonds is 13. The Kier molecular flexibility index (Phi) is 15.7. The van der Waals surface area contributed by atoms with E-state index in [1.807, 2.05) is 6.07 Å². The Balaban J connectivity index is 0.000000443. The zero-order valence-electron chi connectivity index (χ0n) is 31.4. The first-order valence-corrected chi connectivity index (χ1v) is 22.9. The first-order chi connectivity index (χ1) is 20.0. The van der Waals surface area contributed by atoms with E-state index < -0.39 is 16.6 Å². The molecule has 6 heteroatoms. The van der Waals surface area contributed by atoms with Crippen molar-refractivity contribution in [1.82, 2.24) is 5.32 Å². The molecule has 0 aromatic heterocycles. The predicted molar refractivity (Wildman–Crippen MR) is 198 cm³/mol. The van der Waals surface area contributed by atoms with Crippen molar-refractivity contribution in [1.29, 1.82) is 0 Å². The number of ketones is 1. The first kappa shape index (κ1) is 40.7. The molecule has 0 saturated carbocycles. The number of hydrogen-bond donors (Lipinski definition) is 1. The fourth-order valence-electron chi connectivity index (χ4n) is 4.99. The number of Topliss-reactive ketones (excluding diaryl/α,β-unsaturated/α-hetero) is 1. The van der Waals surface area contributed by atoms with Gasteiger partial charge in [0.15, 0.2) is 22.4 Å². The summed E-state index contributed by atoms with van der Waals surface area (Å²) in [6.07, 6.45) is 11.9. The Morgan fingerprint density at radius 1 is 0.818 bits per heavy atom. The monoisotopic (exact) mass is 643 g/mol. The summed E-state index contributed by atoms with van der Waals surface area (Å²) in [6.45, 7) is 33.5. The molecular weight excluding hydrogens is 575 g/mol. The van der Waals surface area contributed by atoms with Crippen LogP contribution in [0, 0.1) is 5.41 Å². The molecule has 0 aliphatic heterocycles. The van der Waals surface area contributed by atoms with E-state index in [1.165, 1.54) is 30.4 Å². The first-order valence-electron chi connectivity index (χ1n) is 17.1. The van der Waals surface area contributed by atoms with Crippen LogP contribution in [0.4, 0.5) is 0 Å². The average Bonchev–Trinajstić information content (AvgIpc) is 2.84. The third-order valence-corrected chi connectivity index (χ3v) is 18.7. The van der Waals surface area contributed by atoms with E-state index in [4.69, 9.17) is 8.85 Å². The van der Waals surface area contributed by atoms with Crippen LogP contribution in [0.3, 0.4) is 0 Å². The summed E-state index contributed by atoms with van der Waals surface area (Å²) in [6, 6.07) is 10.3. The second-order valence-corrected chi connectivity index (χ2v) is 26.2. The van der Waals surface area contributed by atoms with E-state index in [1.54, 1.807) is 0 Å². The maximum atomic E-state index is 12.6. The molecule has 2 rings (SSSR count). The van der Waals surface area contributed by atoms with Gasteiger partial charge in [-0.1, -0.05) is 124 Å². The highest BCUT2D eigenvalue weighted by atomic mass is 28.4. The topological polar surface area (TPSA) is 47.6 Å². The highest BCUT2D eigenvalue weighted by molar-refractivity contribution is 6.74. The van der Waals surface area contributed by atoms with Gasteiger partial charge in [-0.25, -0.2) is 0 Å². The summed E-state index contributed by atoms with van der Waals surface area (Å²) >= 11 is 0. The summed E-state index contributed by atoms with van der Waals surface area (Å²) in [5.41, 5.74) is 3.63. The lowest BCUT2D eigenvalue weighted by Gasteiger charge is -2.41. The van der Waals surface area contributed by atoms with Gasteiger partial charge in [-0.05, 0) is 91.5 Å². The molecule has 1 aliphatic carbocycles. The Labute approximate surface area is 275 Å². The maximum Gasteiger partial charge on any atom is 0.194 e. The van der Waals surface area contributed by atoms with Crippen LogP contribution >= 0.6 is 0 Å². The largest absolute Gasteiger partial charge is 0.402 e. The molecule has 2 unspecified atom stereocenters. The fraction of sp³-hybridized carbons (Fsp3) is 0.711. The van der Waals surface area contributed by atoms with Gasteiger partial charge in [0.25, 0.3) is 0 Å². The van der Waals surface area contributed by atoms with E-state index in [0.717, 1.165) is 24.8 Å². The van der Waals surface area contributed by atoms with Crippen molar-refractivity contribution in [2.24, 2.45) is 5.41 Å². The van der Waals surface area contributed by atoms with E-state index in [0.29, 0.717) is 12.2 Å². The summed E-state index contributed by atoms with van der Waals surface area (Å²) < 4.78 is 12.7. The van der Waals surface area contributed by atoms with Gasteiger partial charge in [0.1, 0.15) is 0 Å². The molecule has 252 valence electrons. The van der Waals surface area contributed by atoms with E-state index in [9.17, 15) is 4.79 Å². The van der Waals surface area contributed by atoms with Crippen LogP contribution in [-0.2, 0) is 13.6 Å². The molecule has 1 aromatic carbocycles. The van der Waals surface area contributed by atoms with Gasteiger partial charge in [-0.3, -0.25) is 10.1 Å². The van der Waals surface area contributed by atoms with Crippen molar-refractivity contribution in [3.8, 4) is 0 Å². The lowest BCUT2D eigenvalue weighted by atomic mass is 9.72. The molecular formula is C38H69NO3Si2. The van der Waals surface area contributed by atoms with E-state index in [-0.39, 0.29) is 27.9 Å². The molecule has 1 aliphatic rings. The molecule has 4 nitrogen and oxygen atoms in total. The Bertz CT molecular complexity index is 1040. The molecule has 0 heterocycles. The van der Waals surface area contributed by atoms with Crippen molar-refractivity contribution in [3.63, 3.8) is 0 Å². The molecule has 0 amide bonds. The van der Waals surface area contributed by atoms with Crippen molar-refractivity contribution in [2.45, 2.75) is 170 Å². The third kappa shape index (κ3) is 14.0. The molecule has 1 aromatic rings. The van der Waals surface area contributed by atoms with Crippen molar-refractivity contribution in [3.05, 3.63) is 53.1 Å². The van der Waals surface area contributed by atoms with Gasteiger partial charge in [0, 0.05) is 6.42 Å². The number of hydrogen-bond acceptors (Lipinski definition) is 4. The molecule has 1 N–H and O–H groups in total. The lowest BCUT2D eigenvalue weighted by molar-refractivity contribution is -0.118. The van der Waals surface area contributed by atoms with Gasteiger partial charge >= 0.3 is 0 Å². The normalized spacial score (nSPS) is 17.8. The summed E-state index contributed by atoms with van der Waals surface area (Å²) in [4.78, 5) is 12.6. The minimum Gasteiger partial charge on any atom is -0.402 e. The van der Waals surface area contributed by atoms with Crippen LogP contribution in [0.15, 0.2) is 47.6 Å². The van der Waals surface area contributed by atoms with E-state index >= 15 is 0 Å². The van der Waals surface area contributed by atoms with Gasteiger partial charge in [-0.15, -0.1) is 0 Å². The van der Waals surface area contributed by atoms with Crippen LogP contribution in [-0.4, -0.2) is 34.9 Å². The van der Waals surface area contributed by atoms with Crippen LogP contribution in [0.5, 0.6) is 0 Å². The minimum atomic E-state index is -1.74. The quantitative estimate of drug-likeness (QED) is 0.132. The number of unbranched alkanes of at least 4 members (excludes halogenated alkanes) is 3. The minimum absolute atomic E-state index is 0.0191. The van der Waals surface area contributed by atoms with Crippen LogP contribution in [0.2, 0.25) is 36.3 Å². The zero-order chi connectivity index (χ0) is 34.0. The number of benzene rings is 1. The van der Waals surface area contributed by atoms with Gasteiger partial charge in [0.2, 0.25) is 0 Å². The maximum absolute atomic E-state index is 12.6. The highest BCUT2D eigenvalue weighted by Crippen LogP contribution is 2.40. The molecule has 0 saturated heterocycles. The number of carbonyl (C=O) groups is 1. The SMILES string of the molecule is CC(NC(C)O[Si](C)(C)C(C)(C)C)O[Si](C)(C)C(C)(C)C.CCCCCCC1=C(C=Cc2ccccc2)CC(C)(C)CC1=O. The smallest absolute Gasteiger partial charge is 0.194 e. The molecule has 0 bridgehead atoms. The van der Waals surface area contributed by atoms with Crippen LogP contribution in [0.1, 0.15) is 127 Å². The summed E-state index contributed by atoms with van der Waals surface area (Å²) in [5.74, 6) is 0.366. The number of allylic oxidation sites excluding steroid dienone is 3. The molecule has 0 fully saturated rings. The molecule has 0 spiro atoms. The van der Waals surface area contributed by atoms with Crippen molar-refractivity contribution in [2.75, 3.05) is 0 Å².